The van der Waals surface area contributed by atoms with Gasteiger partial charge in [0, 0.05) is 0 Å². The molecule has 0 spiro atoms. The van der Waals surface area contributed by atoms with Gasteiger partial charge in [0.1, 0.15) is 5.82 Å². The van der Waals surface area contributed by atoms with Crippen LogP contribution in [0.15, 0.2) is 53.7 Å². The van der Waals surface area contributed by atoms with E-state index >= 15 is 0 Å². The fraction of sp³-hybridized carbons (Fsp3) is 0.118. The molecule has 27 heavy (non-hydrogen) atoms. The summed E-state index contributed by atoms with van der Waals surface area (Å²) >= 11 is 0.913. The van der Waals surface area contributed by atoms with Gasteiger partial charge in [-0.25, -0.2) is 9.37 Å². The molecule has 0 atom stereocenters. The molecular formula is C17H12F4N4OS. The Morgan fingerprint density at radius 3 is 2.56 bits per heavy atom. The van der Waals surface area contributed by atoms with Crippen LogP contribution in [0.5, 0.6) is 0 Å². The number of anilines is 1. The number of H-pyrrole nitrogens is 1. The number of carbonyl (C=O) groups is 1. The SMILES string of the molecule is O=C(CSc1n[nH]c(-c2ccccc2F)n1)Nc1ccccc1C(F)(F)F. The maximum absolute atomic E-state index is 13.7. The molecule has 10 heteroatoms. The first-order chi connectivity index (χ1) is 12.8. The number of aromatic amines is 1. The lowest BCUT2D eigenvalue weighted by Crippen LogP contribution is -2.18. The zero-order valence-corrected chi connectivity index (χ0v) is 14.4. The predicted octanol–water partition coefficient (Wildman–Crippen LogP) is 4.36. The molecule has 0 fully saturated rings. The van der Waals surface area contributed by atoms with Crippen molar-refractivity contribution in [1.29, 1.82) is 0 Å². The van der Waals surface area contributed by atoms with Gasteiger partial charge in [-0.2, -0.15) is 13.2 Å². The maximum atomic E-state index is 13.7. The van der Waals surface area contributed by atoms with E-state index in [0.29, 0.717) is 0 Å². The van der Waals surface area contributed by atoms with Crippen molar-refractivity contribution < 1.29 is 22.4 Å². The van der Waals surface area contributed by atoms with E-state index in [-0.39, 0.29) is 28.0 Å². The van der Waals surface area contributed by atoms with Gasteiger partial charge in [-0.15, -0.1) is 5.10 Å². The molecule has 0 saturated heterocycles. The van der Waals surface area contributed by atoms with E-state index in [4.69, 9.17) is 0 Å². The maximum Gasteiger partial charge on any atom is 0.418 e. The number of alkyl halides is 3. The highest BCUT2D eigenvalue weighted by atomic mass is 32.2. The van der Waals surface area contributed by atoms with Gasteiger partial charge in [0.2, 0.25) is 11.1 Å². The van der Waals surface area contributed by atoms with Crippen molar-refractivity contribution in [3.63, 3.8) is 0 Å². The second kappa shape index (κ2) is 7.78. The zero-order chi connectivity index (χ0) is 19.4. The Labute approximate surface area is 155 Å². The topological polar surface area (TPSA) is 70.7 Å². The molecule has 1 amide bonds. The monoisotopic (exact) mass is 396 g/mol. The lowest BCUT2D eigenvalue weighted by molar-refractivity contribution is -0.137. The number of para-hydroxylation sites is 1. The van der Waals surface area contributed by atoms with Gasteiger partial charge in [-0.05, 0) is 24.3 Å². The third-order valence-corrected chi connectivity index (χ3v) is 4.28. The van der Waals surface area contributed by atoms with Gasteiger partial charge >= 0.3 is 6.18 Å². The summed E-state index contributed by atoms with van der Waals surface area (Å²) in [7, 11) is 0. The number of hydrogen-bond donors (Lipinski definition) is 2. The normalized spacial score (nSPS) is 11.4. The minimum Gasteiger partial charge on any atom is -0.325 e. The third kappa shape index (κ3) is 4.64. The van der Waals surface area contributed by atoms with Gasteiger partial charge in [-0.1, -0.05) is 36.0 Å². The van der Waals surface area contributed by atoms with Crippen molar-refractivity contribution >= 4 is 23.4 Å². The van der Waals surface area contributed by atoms with Gasteiger partial charge in [0.05, 0.1) is 22.6 Å². The summed E-state index contributed by atoms with van der Waals surface area (Å²) in [6.07, 6.45) is -4.57. The molecular weight excluding hydrogens is 384 g/mol. The third-order valence-electron chi connectivity index (χ3n) is 3.43. The molecule has 0 saturated carbocycles. The minimum absolute atomic E-state index is 0.174. The zero-order valence-electron chi connectivity index (χ0n) is 13.5. The van der Waals surface area contributed by atoms with E-state index in [0.717, 1.165) is 17.8 Å². The number of carbonyl (C=O) groups excluding carboxylic acids is 1. The summed E-state index contributed by atoms with van der Waals surface area (Å²) in [5.74, 6) is -1.14. The van der Waals surface area contributed by atoms with E-state index in [1.54, 1.807) is 6.07 Å². The fourth-order valence-corrected chi connectivity index (χ4v) is 2.84. The smallest absolute Gasteiger partial charge is 0.325 e. The number of nitrogens with zero attached hydrogens (tertiary/aromatic N) is 2. The van der Waals surface area contributed by atoms with Crippen LogP contribution in [0.2, 0.25) is 0 Å². The van der Waals surface area contributed by atoms with E-state index in [9.17, 15) is 22.4 Å². The molecule has 1 aromatic heterocycles. The molecule has 0 aliphatic heterocycles. The minimum atomic E-state index is -4.57. The average Bonchev–Trinajstić information content (AvgIpc) is 3.09. The number of nitrogens with one attached hydrogen (secondary N) is 2. The average molecular weight is 396 g/mol. The Morgan fingerprint density at radius 2 is 1.81 bits per heavy atom. The molecule has 5 nitrogen and oxygen atoms in total. The van der Waals surface area contributed by atoms with Crippen LogP contribution >= 0.6 is 11.8 Å². The Hall–Kier alpha value is -2.88. The van der Waals surface area contributed by atoms with Gasteiger partial charge in [-0.3, -0.25) is 9.89 Å². The highest BCUT2D eigenvalue weighted by Gasteiger charge is 2.33. The number of rotatable bonds is 5. The summed E-state index contributed by atoms with van der Waals surface area (Å²) in [4.78, 5) is 16.0. The van der Waals surface area contributed by atoms with Crippen LogP contribution in [0.1, 0.15) is 5.56 Å². The number of aromatic nitrogens is 3. The van der Waals surface area contributed by atoms with E-state index in [2.05, 4.69) is 20.5 Å². The van der Waals surface area contributed by atoms with Crippen molar-refractivity contribution in [2.75, 3.05) is 11.1 Å². The van der Waals surface area contributed by atoms with Crippen LogP contribution in [0.4, 0.5) is 23.2 Å². The molecule has 0 aliphatic carbocycles. The van der Waals surface area contributed by atoms with Crippen molar-refractivity contribution in [3.05, 3.63) is 59.9 Å². The van der Waals surface area contributed by atoms with Crippen molar-refractivity contribution in [1.82, 2.24) is 15.2 Å². The second-order valence-corrected chi connectivity index (χ2v) is 6.27. The van der Waals surface area contributed by atoms with Crippen LogP contribution in [-0.4, -0.2) is 26.8 Å². The molecule has 2 aromatic carbocycles. The first kappa shape index (κ1) is 18.9. The molecule has 1 heterocycles. The highest BCUT2D eigenvalue weighted by molar-refractivity contribution is 7.99. The van der Waals surface area contributed by atoms with Gasteiger partial charge in [0.25, 0.3) is 0 Å². The number of halogens is 4. The first-order valence-corrected chi connectivity index (χ1v) is 8.59. The molecule has 0 aliphatic rings. The Balaban J connectivity index is 1.64. The first-order valence-electron chi connectivity index (χ1n) is 7.61. The number of thioether (sulfide) groups is 1. The van der Waals surface area contributed by atoms with E-state index in [1.807, 2.05) is 0 Å². The highest BCUT2D eigenvalue weighted by Crippen LogP contribution is 2.34. The number of amides is 1. The molecule has 2 N–H and O–H groups in total. The second-order valence-electron chi connectivity index (χ2n) is 5.33. The van der Waals surface area contributed by atoms with Gasteiger partial charge in [0.15, 0.2) is 5.82 Å². The lowest BCUT2D eigenvalue weighted by atomic mass is 10.1. The quantitative estimate of drug-likeness (QED) is 0.497. The van der Waals surface area contributed by atoms with Gasteiger partial charge < -0.3 is 5.32 Å². The molecule has 0 unspecified atom stereocenters. The van der Waals surface area contributed by atoms with Crippen LogP contribution in [0, 0.1) is 5.82 Å². The summed E-state index contributed by atoms with van der Waals surface area (Å²) in [6, 6.07) is 10.7. The van der Waals surface area contributed by atoms with Crippen molar-refractivity contribution in [3.8, 4) is 11.4 Å². The molecule has 3 rings (SSSR count). The molecule has 140 valence electrons. The summed E-state index contributed by atoms with van der Waals surface area (Å²) < 4.78 is 52.5. The van der Waals surface area contributed by atoms with E-state index < -0.39 is 23.5 Å². The lowest BCUT2D eigenvalue weighted by Gasteiger charge is -2.13. The largest absolute Gasteiger partial charge is 0.418 e. The fourth-order valence-electron chi connectivity index (χ4n) is 2.24. The van der Waals surface area contributed by atoms with Crippen molar-refractivity contribution in [2.45, 2.75) is 11.3 Å². The standard InChI is InChI=1S/C17H12F4N4OS/c18-12-7-3-1-5-10(12)15-23-16(25-24-15)27-9-14(26)22-13-8-4-2-6-11(13)17(19,20)21/h1-8H,9H2,(H,22,26)(H,23,24,25). The predicted molar refractivity (Wildman–Crippen MR) is 92.6 cm³/mol. The molecule has 0 radical (unpaired) electrons. The molecule has 0 bridgehead atoms. The Morgan fingerprint density at radius 1 is 1.11 bits per heavy atom. The molecule has 3 aromatic rings. The van der Waals surface area contributed by atoms with Crippen LogP contribution in [-0.2, 0) is 11.0 Å². The Bertz CT molecular complexity index is 958. The van der Waals surface area contributed by atoms with Crippen LogP contribution in [0.25, 0.3) is 11.4 Å². The Kier molecular flexibility index (Phi) is 5.45. The van der Waals surface area contributed by atoms with Crippen LogP contribution < -0.4 is 5.32 Å². The number of hydrogen-bond acceptors (Lipinski definition) is 4. The summed E-state index contributed by atoms with van der Waals surface area (Å²) in [5.41, 5.74) is -1.03. The van der Waals surface area contributed by atoms with Crippen LogP contribution in [0.3, 0.4) is 0 Å². The number of benzene rings is 2. The van der Waals surface area contributed by atoms with E-state index in [1.165, 1.54) is 36.4 Å². The van der Waals surface area contributed by atoms with Crippen molar-refractivity contribution in [2.24, 2.45) is 0 Å². The summed E-state index contributed by atoms with van der Waals surface area (Å²) in [5, 5.41) is 8.84. The summed E-state index contributed by atoms with van der Waals surface area (Å²) in [6.45, 7) is 0.